The van der Waals surface area contributed by atoms with Gasteiger partial charge < -0.3 is 4.90 Å². The van der Waals surface area contributed by atoms with Gasteiger partial charge in [-0.3, -0.25) is 9.59 Å². The molecule has 0 saturated heterocycles. The van der Waals surface area contributed by atoms with Gasteiger partial charge in [0.2, 0.25) is 5.91 Å². The van der Waals surface area contributed by atoms with Crippen LogP contribution in [0.5, 0.6) is 0 Å². The largest absolute Gasteiger partial charge is 0.307 e. The summed E-state index contributed by atoms with van der Waals surface area (Å²) < 4.78 is 27.2. The quantitative estimate of drug-likeness (QED) is 0.278. The van der Waals surface area contributed by atoms with Crippen LogP contribution in [0, 0.1) is 0 Å². The maximum absolute atomic E-state index is 13.2. The molecular weight excluding hydrogens is 543 g/mol. The minimum atomic E-state index is -4.16. The molecule has 4 aromatic carbocycles. The van der Waals surface area contributed by atoms with E-state index in [0.29, 0.717) is 17.8 Å². The number of halogens is 2. The van der Waals surface area contributed by atoms with Crippen LogP contribution in [0.3, 0.4) is 0 Å². The molecular formula is C29H22Cl2N2O4S. The number of anilines is 1. The van der Waals surface area contributed by atoms with E-state index in [4.69, 9.17) is 23.2 Å². The number of benzene rings is 4. The number of carbonyl (C=O) groups is 2. The third-order valence-corrected chi connectivity index (χ3v) is 8.56. The first-order valence-corrected chi connectivity index (χ1v) is 14.0. The van der Waals surface area contributed by atoms with E-state index in [1.807, 2.05) is 60.2 Å². The predicted octanol–water partition coefficient (Wildman–Crippen LogP) is 6.32. The molecule has 1 aliphatic rings. The Morgan fingerprint density at radius 2 is 1.71 bits per heavy atom. The lowest BCUT2D eigenvalue weighted by atomic mass is 10.00. The van der Waals surface area contributed by atoms with Crippen molar-refractivity contribution in [2.45, 2.75) is 24.3 Å². The number of amides is 2. The Morgan fingerprint density at radius 3 is 2.47 bits per heavy atom. The fraction of sp³-hybridized carbons (Fsp3) is 0.103. The Morgan fingerprint density at radius 1 is 0.947 bits per heavy atom. The van der Waals surface area contributed by atoms with Crippen molar-refractivity contribution < 1.29 is 18.0 Å². The molecule has 38 heavy (non-hydrogen) atoms. The summed E-state index contributed by atoms with van der Waals surface area (Å²) in [4.78, 5) is 27.3. The zero-order valence-electron chi connectivity index (χ0n) is 20.2. The molecule has 0 radical (unpaired) electrons. The van der Waals surface area contributed by atoms with Gasteiger partial charge in [0, 0.05) is 6.08 Å². The molecule has 1 N–H and O–H groups in total. The molecule has 9 heteroatoms. The summed E-state index contributed by atoms with van der Waals surface area (Å²) in [6.45, 7) is 2.22. The van der Waals surface area contributed by atoms with Crippen LogP contribution in [0.2, 0.25) is 10.0 Å². The van der Waals surface area contributed by atoms with E-state index in [-0.39, 0.29) is 26.8 Å². The molecule has 1 aliphatic heterocycles. The summed E-state index contributed by atoms with van der Waals surface area (Å²) in [5.41, 5.74) is 3.15. The molecule has 0 fully saturated rings. The number of sulfonamides is 1. The Kier molecular flexibility index (Phi) is 7.01. The number of fused-ring (bicyclic) bond motifs is 2. The molecule has 0 spiro atoms. The average molecular weight is 565 g/mol. The van der Waals surface area contributed by atoms with Gasteiger partial charge in [0.1, 0.15) is 0 Å². The zero-order valence-corrected chi connectivity index (χ0v) is 22.5. The summed E-state index contributed by atoms with van der Waals surface area (Å²) >= 11 is 11.8. The molecule has 1 heterocycles. The fourth-order valence-corrected chi connectivity index (χ4v) is 5.90. The molecule has 0 aliphatic carbocycles. The smallest absolute Gasteiger partial charge is 0.264 e. The van der Waals surface area contributed by atoms with E-state index in [9.17, 15) is 18.0 Å². The highest BCUT2D eigenvalue weighted by Crippen LogP contribution is 2.41. The van der Waals surface area contributed by atoms with Crippen molar-refractivity contribution in [1.29, 1.82) is 0 Å². The molecule has 5 rings (SSSR count). The van der Waals surface area contributed by atoms with Crippen molar-refractivity contribution in [3.63, 3.8) is 0 Å². The van der Waals surface area contributed by atoms with Gasteiger partial charge in [0.25, 0.3) is 15.9 Å². The standard InChI is InChI=1S/C29H22Cl2N2O4S/c1-18-24-8-4-7-21(11-14-27(34)32-38(36,37)23-12-13-25(30)26(31)16-23)28(24)33(29(18)35)17-19-9-10-20-5-2-3-6-22(20)15-19/h2-16,18H,17H2,1H3,(H,32,34)/b14-11+. The van der Waals surface area contributed by atoms with Crippen LogP contribution >= 0.6 is 23.2 Å². The zero-order chi connectivity index (χ0) is 27.0. The highest BCUT2D eigenvalue weighted by molar-refractivity contribution is 7.90. The van der Waals surface area contributed by atoms with E-state index in [1.165, 1.54) is 24.3 Å². The minimum Gasteiger partial charge on any atom is -0.307 e. The molecule has 0 bridgehead atoms. The second-order valence-corrected chi connectivity index (χ2v) is 11.5. The normalized spacial score (nSPS) is 15.3. The van der Waals surface area contributed by atoms with Gasteiger partial charge in [-0.2, -0.15) is 0 Å². The molecule has 4 aromatic rings. The Labute approximate surface area is 230 Å². The first-order chi connectivity index (χ1) is 18.1. The van der Waals surface area contributed by atoms with Crippen LogP contribution in [0.25, 0.3) is 16.8 Å². The lowest BCUT2D eigenvalue weighted by Crippen LogP contribution is -2.29. The topological polar surface area (TPSA) is 83.6 Å². The van der Waals surface area contributed by atoms with Gasteiger partial charge in [-0.1, -0.05) is 77.8 Å². The third kappa shape index (κ3) is 5.05. The summed E-state index contributed by atoms with van der Waals surface area (Å²) in [5.74, 6) is -1.23. The lowest BCUT2D eigenvalue weighted by Gasteiger charge is -2.20. The minimum absolute atomic E-state index is 0.0411. The number of nitrogens with one attached hydrogen (secondary N) is 1. The first-order valence-electron chi connectivity index (χ1n) is 11.8. The Hall–Kier alpha value is -3.65. The van der Waals surface area contributed by atoms with Crippen molar-refractivity contribution in [3.8, 4) is 0 Å². The van der Waals surface area contributed by atoms with E-state index in [0.717, 1.165) is 28.0 Å². The molecule has 192 valence electrons. The van der Waals surface area contributed by atoms with Crippen molar-refractivity contribution in [2.75, 3.05) is 4.90 Å². The lowest BCUT2D eigenvalue weighted by molar-refractivity contribution is -0.119. The van der Waals surface area contributed by atoms with Crippen LogP contribution in [0.15, 0.2) is 89.8 Å². The summed E-state index contributed by atoms with van der Waals surface area (Å²) in [6, 6.07) is 23.4. The maximum atomic E-state index is 13.2. The van der Waals surface area contributed by atoms with Gasteiger partial charge in [-0.25, -0.2) is 13.1 Å². The summed E-state index contributed by atoms with van der Waals surface area (Å²) in [5, 5.41) is 2.45. The SMILES string of the molecule is CC1C(=O)N(Cc2ccc3ccccc3c2)c2c(/C=C/C(=O)NS(=O)(=O)c3ccc(Cl)c(Cl)c3)cccc21. The molecule has 6 nitrogen and oxygen atoms in total. The molecule has 0 saturated carbocycles. The first kappa shape index (κ1) is 26.0. The molecule has 1 atom stereocenters. The van der Waals surface area contributed by atoms with E-state index in [1.54, 1.807) is 11.0 Å². The Bertz CT molecular complexity index is 1730. The van der Waals surface area contributed by atoms with Crippen molar-refractivity contribution in [2.24, 2.45) is 0 Å². The van der Waals surface area contributed by atoms with Crippen molar-refractivity contribution >= 4 is 67.6 Å². The third-order valence-electron chi connectivity index (χ3n) is 6.48. The maximum Gasteiger partial charge on any atom is 0.264 e. The fourth-order valence-electron chi connectivity index (χ4n) is 4.56. The number of carbonyl (C=O) groups excluding carboxylic acids is 2. The van der Waals surface area contributed by atoms with Crippen LogP contribution < -0.4 is 9.62 Å². The number of para-hydroxylation sites is 1. The average Bonchev–Trinajstić information content (AvgIpc) is 3.14. The van der Waals surface area contributed by atoms with Gasteiger partial charge >= 0.3 is 0 Å². The van der Waals surface area contributed by atoms with Crippen LogP contribution in [-0.4, -0.2) is 20.2 Å². The highest BCUT2D eigenvalue weighted by Gasteiger charge is 2.35. The summed E-state index contributed by atoms with van der Waals surface area (Å²) in [7, 11) is -4.16. The number of nitrogens with zero attached hydrogens (tertiary/aromatic N) is 1. The van der Waals surface area contributed by atoms with E-state index in [2.05, 4.69) is 6.07 Å². The van der Waals surface area contributed by atoms with Crippen LogP contribution in [0.1, 0.15) is 29.5 Å². The van der Waals surface area contributed by atoms with Crippen molar-refractivity contribution in [1.82, 2.24) is 4.72 Å². The number of hydrogen-bond donors (Lipinski definition) is 1. The second kappa shape index (κ2) is 10.3. The predicted molar refractivity (Wildman–Crippen MR) is 151 cm³/mol. The molecule has 2 amide bonds. The monoisotopic (exact) mass is 564 g/mol. The van der Waals surface area contributed by atoms with Gasteiger partial charge in [-0.05, 0) is 64.7 Å². The van der Waals surface area contributed by atoms with E-state index >= 15 is 0 Å². The highest BCUT2D eigenvalue weighted by atomic mass is 35.5. The van der Waals surface area contributed by atoms with Crippen molar-refractivity contribution in [3.05, 3.63) is 112 Å². The summed E-state index contributed by atoms with van der Waals surface area (Å²) in [6.07, 6.45) is 2.64. The Balaban J connectivity index is 1.41. The molecule has 1 unspecified atom stereocenters. The van der Waals surface area contributed by atoms with Gasteiger partial charge in [-0.15, -0.1) is 0 Å². The van der Waals surface area contributed by atoms with Gasteiger partial charge in [0.05, 0.1) is 33.1 Å². The molecule has 0 aromatic heterocycles. The number of hydrogen-bond acceptors (Lipinski definition) is 4. The van der Waals surface area contributed by atoms with E-state index < -0.39 is 15.9 Å². The number of rotatable bonds is 6. The van der Waals surface area contributed by atoms with Crippen LogP contribution in [0.4, 0.5) is 5.69 Å². The second-order valence-electron chi connectivity index (χ2n) is 8.99. The van der Waals surface area contributed by atoms with Gasteiger partial charge in [0.15, 0.2) is 0 Å². The van der Waals surface area contributed by atoms with Crippen LogP contribution in [-0.2, 0) is 26.2 Å².